The quantitative estimate of drug-likeness (QED) is 0.405. The number of rotatable bonds is 7. The fraction of sp³-hybridized carbons (Fsp3) is 0.556. The van der Waals surface area contributed by atoms with Crippen LogP contribution in [0.15, 0.2) is 20.1 Å². The molecule has 0 unspecified atom stereocenters. The molecule has 11 heteroatoms. The van der Waals surface area contributed by atoms with Gasteiger partial charge in [-0.05, 0) is 61.6 Å². The average Bonchev–Trinajstić information content (AvgIpc) is 2.70. The van der Waals surface area contributed by atoms with Crippen LogP contribution in [0.3, 0.4) is 0 Å². The Morgan fingerprint density at radius 1 is 1.30 bits per heavy atom. The van der Waals surface area contributed by atoms with Crippen molar-refractivity contribution in [3.05, 3.63) is 20.1 Å². The van der Waals surface area contributed by atoms with Crippen molar-refractivity contribution in [2.75, 3.05) is 20.3 Å². The Labute approximate surface area is 149 Å². The first-order valence-electron chi connectivity index (χ1n) is 5.63. The Morgan fingerprint density at radius 2 is 1.85 bits per heavy atom. The lowest BCUT2D eigenvalue weighted by atomic mass is 10.8. The van der Waals surface area contributed by atoms with E-state index in [9.17, 15) is 0 Å². The maximum absolute atomic E-state index is 5.74. The van der Waals surface area contributed by atoms with Crippen LogP contribution in [0.4, 0.5) is 0 Å². The molecule has 0 bridgehead atoms. The summed E-state index contributed by atoms with van der Waals surface area (Å²) in [5.74, 6) is 0.508. The fourth-order valence-electron chi connectivity index (χ4n) is 1.23. The summed E-state index contributed by atoms with van der Waals surface area (Å²) in [4.78, 5) is 0. The maximum Gasteiger partial charge on any atom is 0.381 e. The van der Waals surface area contributed by atoms with E-state index in [2.05, 4.69) is 53.3 Å². The molecule has 0 amide bonds. The van der Waals surface area contributed by atoms with Crippen LogP contribution >= 0.6 is 54.5 Å². The van der Waals surface area contributed by atoms with Crippen LogP contribution in [0.1, 0.15) is 13.8 Å². The van der Waals surface area contributed by atoms with E-state index in [4.69, 9.17) is 25.4 Å². The summed E-state index contributed by atoms with van der Waals surface area (Å²) in [7, 11) is 1.80. The standard InChI is InChI=1S/C9H15Br3N3O3PS/c1-4-16-19(20,17-5-2)18-7-6-15(13-14(7)3)9(12)8(10)11/h6,13H,4-5H2,1-3H3. The van der Waals surface area contributed by atoms with Crippen LogP contribution in [0.25, 0.3) is 0 Å². The number of nitrogens with zero attached hydrogens (tertiary/aromatic N) is 2. The number of hydrogen-bond acceptors (Lipinski definition) is 7. The third-order valence-corrected chi connectivity index (χ3v) is 6.98. The van der Waals surface area contributed by atoms with Gasteiger partial charge in [0, 0.05) is 18.9 Å². The number of halogens is 3. The van der Waals surface area contributed by atoms with Gasteiger partial charge in [0.2, 0.25) is 5.88 Å². The minimum Gasteiger partial charge on any atom is -0.405 e. The van der Waals surface area contributed by atoms with E-state index in [1.54, 1.807) is 23.3 Å². The van der Waals surface area contributed by atoms with Crippen LogP contribution in [-0.2, 0) is 25.4 Å². The Hall–Kier alpha value is 0.850. The van der Waals surface area contributed by atoms with Gasteiger partial charge in [-0.1, -0.05) is 0 Å². The van der Waals surface area contributed by atoms with Crippen LogP contribution in [0.2, 0.25) is 0 Å². The molecule has 0 saturated heterocycles. The Morgan fingerprint density at radius 3 is 2.30 bits per heavy atom. The molecular formula is C9H15Br3N3O3PS. The van der Waals surface area contributed by atoms with Gasteiger partial charge in [0.15, 0.2) is 0 Å². The van der Waals surface area contributed by atoms with Crippen molar-refractivity contribution in [2.24, 2.45) is 0 Å². The van der Waals surface area contributed by atoms with E-state index in [0.29, 0.717) is 19.1 Å². The first kappa shape index (κ1) is 18.9. The van der Waals surface area contributed by atoms with Gasteiger partial charge < -0.3 is 4.52 Å². The zero-order valence-corrected chi connectivity index (χ0v) is 17.6. The molecule has 0 aliphatic carbocycles. The third kappa shape index (κ3) is 5.24. The molecular weight excluding hydrogens is 501 g/mol. The van der Waals surface area contributed by atoms with E-state index < -0.39 is 6.72 Å². The highest BCUT2D eigenvalue weighted by atomic mass is 79.9. The van der Waals surface area contributed by atoms with Gasteiger partial charge in [-0.2, -0.15) is 0 Å². The largest absolute Gasteiger partial charge is 0.405 e. The summed E-state index contributed by atoms with van der Waals surface area (Å²) in [6.45, 7) is 1.78. The number of hydrogen-bond donors (Lipinski definition) is 1. The maximum atomic E-state index is 5.74. The van der Waals surface area contributed by atoms with Gasteiger partial charge in [-0.25, -0.2) is 0 Å². The van der Waals surface area contributed by atoms with Crippen LogP contribution < -0.4 is 5.53 Å². The van der Waals surface area contributed by atoms with Gasteiger partial charge >= 0.3 is 6.72 Å². The van der Waals surface area contributed by atoms with Gasteiger partial charge in [0.05, 0.1) is 22.8 Å². The molecule has 1 aliphatic heterocycles. The molecule has 1 heterocycles. The summed E-state index contributed by atoms with van der Waals surface area (Å²) in [6.07, 6.45) is 1.73. The van der Waals surface area contributed by atoms with E-state index >= 15 is 0 Å². The SMILES string of the molecule is CCOP(=S)(OCC)OC1=CN(C(Br)=C(Br)Br)NN1C. The molecule has 0 aromatic heterocycles. The molecule has 1 rings (SSSR count). The second-order valence-corrected chi connectivity index (χ2v) is 9.76. The predicted octanol–water partition coefficient (Wildman–Crippen LogP) is 4.08. The minimum atomic E-state index is -2.78. The van der Waals surface area contributed by atoms with Crippen molar-refractivity contribution in [2.45, 2.75) is 13.8 Å². The summed E-state index contributed by atoms with van der Waals surface area (Å²) in [6, 6.07) is 0. The Kier molecular flexibility index (Phi) is 8.01. The monoisotopic (exact) mass is 513 g/mol. The molecule has 0 aromatic carbocycles. The normalized spacial score (nSPS) is 15.4. The highest BCUT2D eigenvalue weighted by molar-refractivity contribution is 9.29. The number of hydrazine groups is 2. The first-order chi connectivity index (χ1) is 9.33. The van der Waals surface area contributed by atoms with E-state index in [1.807, 2.05) is 13.8 Å². The molecule has 0 saturated carbocycles. The smallest absolute Gasteiger partial charge is 0.381 e. The zero-order valence-electron chi connectivity index (χ0n) is 11.1. The van der Waals surface area contributed by atoms with Crippen molar-refractivity contribution in [1.82, 2.24) is 15.6 Å². The predicted molar refractivity (Wildman–Crippen MR) is 93.2 cm³/mol. The molecule has 0 atom stereocenters. The molecule has 116 valence electrons. The highest BCUT2D eigenvalue weighted by Crippen LogP contribution is 2.52. The Balaban J connectivity index is 2.87. The van der Waals surface area contributed by atoms with Crippen LogP contribution in [-0.4, -0.2) is 30.3 Å². The molecule has 1 aliphatic rings. The summed E-state index contributed by atoms with van der Waals surface area (Å²) in [5, 5.41) is 3.37. The van der Waals surface area contributed by atoms with Crippen molar-refractivity contribution in [3.63, 3.8) is 0 Å². The molecule has 0 aromatic rings. The van der Waals surface area contributed by atoms with Crippen molar-refractivity contribution < 1.29 is 13.6 Å². The lowest BCUT2D eigenvalue weighted by Gasteiger charge is -2.24. The van der Waals surface area contributed by atoms with Crippen molar-refractivity contribution in [3.8, 4) is 0 Å². The van der Waals surface area contributed by atoms with Gasteiger partial charge in [0.25, 0.3) is 0 Å². The summed E-state index contributed by atoms with van der Waals surface area (Å²) < 4.78 is 18.1. The van der Waals surface area contributed by atoms with E-state index in [-0.39, 0.29) is 0 Å². The van der Waals surface area contributed by atoms with Gasteiger partial charge in [-0.3, -0.25) is 19.1 Å². The Bertz CT molecular complexity index is 449. The lowest BCUT2D eigenvalue weighted by molar-refractivity contribution is 0.125. The zero-order chi connectivity index (χ0) is 15.3. The van der Waals surface area contributed by atoms with Gasteiger partial charge in [0.1, 0.15) is 4.61 Å². The molecule has 0 radical (unpaired) electrons. The van der Waals surface area contributed by atoms with Gasteiger partial charge in [-0.15, -0.1) is 5.53 Å². The molecule has 0 fully saturated rings. The fourth-order valence-corrected chi connectivity index (χ4v) is 3.87. The van der Waals surface area contributed by atoms with Crippen LogP contribution in [0.5, 0.6) is 0 Å². The second kappa shape index (κ2) is 8.47. The lowest BCUT2D eigenvalue weighted by Crippen LogP contribution is -2.36. The minimum absolute atomic E-state index is 0.433. The molecule has 0 spiro atoms. The molecule has 20 heavy (non-hydrogen) atoms. The third-order valence-electron chi connectivity index (χ3n) is 1.98. The van der Waals surface area contributed by atoms with E-state index in [0.717, 1.165) is 8.00 Å². The van der Waals surface area contributed by atoms with Crippen LogP contribution in [0, 0.1) is 0 Å². The second-order valence-electron chi connectivity index (χ2n) is 3.42. The molecule has 6 nitrogen and oxygen atoms in total. The average molecular weight is 516 g/mol. The van der Waals surface area contributed by atoms with Crippen molar-refractivity contribution >= 4 is 66.3 Å². The van der Waals surface area contributed by atoms with Crippen molar-refractivity contribution in [1.29, 1.82) is 0 Å². The highest BCUT2D eigenvalue weighted by Gasteiger charge is 2.29. The summed E-state index contributed by atoms with van der Waals surface area (Å²) >= 11 is 15.4. The summed E-state index contributed by atoms with van der Waals surface area (Å²) in [5.41, 5.74) is 3.04. The van der Waals surface area contributed by atoms with E-state index in [1.165, 1.54) is 0 Å². The topological polar surface area (TPSA) is 46.2 Å². The number of nitrogens with one attached hydrogen (secondary N) is 1. The molecule has 1 N–H and O–H groups in total. The first-order valence-corrected chi connectivity index (χ1v) is 10.6.